The van der Waals surface area contributed by atoms with E-state index in [0.717, 1.165) is 41.9 Å². The summed E-state index contributed by atoms with van der Waals surface area (Å²) >= 11 is 1.73. The van der Waals surface area contributed by atoms with Gasteiger partial charge in [0.25, 0.3) is 0 Å². The van der Waals surface area contributed by atoms with E-state index in [-0.39, 0.29) is 34.3 Å². The number of phenols is 2. The fourth-order valence-electron chi connectivity index (χ4n) is 5.06. The summed E-state index contributed by atoms with van der Waals surface area (Å²) in [6.07, 6.45) is -3.20. The number of benzene rings is 2. The second-order valence-electron chi connectivity index (χ2n) is 10.5. The van der Waals surface area contributed by atoms with Gasteiger partial charge in [-0.15, -0.1) is 11.8 Å². The Hall–Kier alpha value is -1.85. The molecule has 0 bridgehead atoms. The molecule has 0 saturated carbocycles. The maximum Gasteiger partial charge on any atom is 0.453 e. The number of halogens is 5. The van der Waals surface area contributed by atoms with Crippen molar-refractivity contribution in [3.8, 4) is 11.5 Å². The molecule has 2 aromatic rings. The van der Waals surface area contributed by atoms with E-state index in [1.165, 1.54) is 5.56 Å². The molecule has 0 spiro atoms. The first-order valence-electron chi connectivity index (χ1n) is 13.5. The van der Waals surface area contributed by atoms with Gasteiger partial charge >= 0.3 is 12.1 Å². The molecule has 0 saturated heterocycles. The van der Waals surface area contributed by atoms with Crippen molar-refractivity contribution < 1.29 is 41.1 Å². The van der Waals surface area contributed by atoms with Crippen LogP contribution in [0.4, 0.5) is 22.0 Å². The Morgan fingerprint density at radius 1 is 0.925 bits per heavy atom. The summed E-state index contributed by atoms with van der Waals surface area (Å²) < 4.78 is 79.9. The lowest BCUT2D eigenvalue weighted by molar-refractivity contribution is -0.284. The van der Waals surface area contributed by atoms with E-state index >= 15 is 0 Å². The van der Waals surface area contributed by atoms with Crippen molar-refractivity contribution in [2.45, 2.75) is 80.2 Å². The van der Waals surface area contributed by atoms with Crippen LogP contribution >= 0.6 is 11.8 Å². The average Bonchev–Trinajstić information content (AvgIpc) is 2.88. The maximum atomic E-state index is 12.9. The molecule has 1 aliphatic heterocycles. The Kier molecular flexibility index (Phi) is 11.7. The van der Waals surface area contributed by atoms with Gasteiger partial charge in [-0.3, -0.25) is 4.21 Å². The Bertz CT molecular complexity index is 1110. The van der Waals surface area contributed by atoms with Crippen LogP contribution in [0.2, 0.25) is 0 Å². The molecule has 0 aliphatic carbocycles. The van der Waals surface area contributed by atoms with E-state index < -0.39 is 35.7 Å². The molecular formula is C29H37F5O4S2. The number of fused-ring (bicyclic) bond motifs is 1. The van der Waals surface area contributed by atoms with Gasteiger partial charge in [0.15, 0.2) is 0 Å². The molecular weight excluding hydrogens is 571 g/mol. The third-order valence-corrected chi connectivity index (χ3v) is 10.3. The van der Waals surface area contributed by atoms with Gasteiger partial charge in [-0.2, -0.15) is 22.0 Å². The lowest BCUT2D eigenvalue weighted by Gasteiger charge is -2.43. The molecule has 4 nitrogen and oxygen atoms in total. The molecule has 1 heterocycles. The monoisotopic (exact) mass is 608 g/mol. The zero-order chi connectivity index (χ0) is 29.4. The Morgan fingerprint density at radius 3 is 2.27 bits per heavy atom. The number of rotatable bonds is 15. The highest BCUT2D eigenvalue weighted by molar-refractivity contribution is 7.99. The molecule has 11 heteroatoms. The third kappa shape index (κ3) is 8.82. The van der Waals surface area contributed by atoms with Gasteiger partial charge in [-0.1, -0.05) is 38.0 Å². The molecule has 0 fully saturated rings. The average molecular weight is 609 g/mol. The number of aromatic hydroxyl groups is 2. The highest BCUT2D eigenvalue weighted by Crippen LogP contribution is 2.52. The van der Waals surface area contributed by atoms with Crippen molar-refractivity contribution in [3.05, 3.63) is 53.6 Å². The van der Waals surface area contributed by atoms with Crippen LogP contribution in [0.5, 0.6) is 11.5 Å². The Labute approximate surface area is 239 Å². The topological polar surface area (TPSA) is 66.8 Å². The van der Waals surface area contributed by atoms with Crippen LogP contribution in [-0.4, -0.2) is 57.0 Å². The van der Waals surface area contributed by atoms with E-state index in [4.69, 9.17) is 4.74 Å². The van der Waals surface area contributed by atoms with Gasteiger partial charge in [-0.05, 0) is 67.0 Å². The van der Waals surface area contributed by atoms with Crippen LogP contribution in [-0.2, 0) is 21.0 Å². The van der Waals surface area contributed by atoms with Crippen LogP contribution in [0.15, 0.2) is 47.4 Å². The van der Waals surface area contributed by atoms with Gasteiger partial charge in [0.1, 0.15) is 11.5 Å². The molecule has 0 aromatic heterocycles. The fraction of sp³-hybridized carbons (Fsp3) is 0.586. The first-order valence-corrected chi connectivity index (χ1v) is 15.9. The molecule has 1 aliphatic rings. The highest BCUT2D eigenvalue weighted by atomic mass is 32.2. The quantitative estimate of drug-likeness (QED) is 0.159. The number of ether oxygens (including phenoxy) is 1. The minimum Gasteiger partial charge on any atom is -0.508 e. The maximum absolute atomic E-state index is 12.9. The zero-order valence-electron chi connectivity index (χ0n) is 22.5. The number of alkyl halides is 5. The highest BCUT2D eigenvalue weighted by Gasteiger charge is 2.56. The number of hydrogen-bond acceptors (Lipinski definition) is 5. The second kappa shape index (κ2) is 14.4. The smallest absolute Gasteiger partial charge is 0.453 e. The Morgan fingerprint density at radius 2 is 1.57 bits per heavy atom. The van der Waals surface area contributed by atoms with Crippen LogP contribution in [0.1, 0.15) is 68.9 Å². The van der Waals surface area contributed by atoms with Gasteiger partial charge < -0.3 is 14.9 Å². The van der Waals surface area contributed by atoms with Crippen LogP contribution < -0.4 is 0 Å². The van der Waals surface area contributed by atoms with Crippen LogP contribution in [0, 0.1) is 0 Å². The largest absolute Gasteiger partial charge is 0.508 e. The third-order valence-electron chi connectivity index (χ3n) is 7.42. The first kappa shape index (κ1) is 32.7. The SMILES string of the molecule is C[C@]1(c2ccc(O)cc2)CSc2cc(O)ccc2[C@H]1CCCCCOCCCS(=O)CCCC(F)(F)C(F)(F)F. The van der Waals surface area contributed by atoms with Crippen LogP contribution in [0.25, 0.3) is 0 Å². The molecule has 0 radical (unpaired) electrons. The molecule has 0 amide bonds. The predicted octanol–water partition coefficient (Wildman–Crippen LogP) is 7.94. The van der Waals surface area contributed by atoms with Crippen molar-refractivity contribution in [2.24, 2.45) is 0 Å². The van der Waals surface area contributed by atoms with Crippen molar-refractivity contribution in [1.82, 2.24) is 0 Å². The first-order chi connectivity index (χ1) is 18.8. The van der Waals surface area contributed by atoms with Gasteiger partial charge in [0.2, 0.25) is 0 Å². The van der Waals surface area contributed by atoms with Crippen molar-refractivity contribution in [1.29, 1.82) is 0 Å². The van der Waals surface area contributed by atoms with E-state index in [9.17, 15) is 36.4 Å². The number of hydrogen-bond donors (Lipinski definition) is 2. The van der Waals surface area contributed by atoms with Gasteiger partial charge in [0.05, 0.1) is 0 Å². The molecule has 40 heavy (non-hydrogen) atoms. The molecule has 3 atom stereocenters. The Balaban J connectivity index is 1.38. The molecule has 2 aromatic carbocycles. The van der Waals surface area contributed by atoms with Crippen LogP contribution in [0.3, 0.4) is 0 Å². The van der Waals surface area contributed by atoms with Crippen molar-refractivity contribution in [3.63, 3.8) is 0 Å². The molecule has 224 valence electrons. The minimum atomic E-state index is -5.57. The van der Waals surface area contributed by atoms with Gasteiger partial charge in [0, 0.05) is 58.0 Å². The normalized spacial score (nSPS) is 20.3. The molecule has 2 N–H and O–H groups in total. The zero-order valence-corrected chi connectivity index (χ0v) is 24.2. The predicted molar refractivity (Wildman–Crippen MR) is 149 cm³/mol. The van der Waals surface area contributed by atoms with E-state index in [1.54, 1.807) is 30.0 Å². The van der Waals surface area contributed by atoms with E-state index in [2.05, 4.69) is 6.92 Å². The van der Waals surface area contributed by atoms with E-state index in [1.807, 2.05) is 24.3 Å². The molecule has 1 unspecified atom stereocenters. The summed E-state index contributed by atoms with van der Waals surface area (Å²) in [5, 5.41) is 19.7. The lowest BCUT2D eigenvalue weighted by atomic mass is 9.68. The van der Waals surface area contributed by atoms with Crippen molar-refractivity contribution >= 4 is 22.6 Å². The summed E-state index contributed by atoms with van der Waals surface area (Å²) in [6.45, 7) is 3.15. The summed E-state index contributed by atoms with van der Waals surface area (Å²) in [5.41, 5.74) is 2.24. The standard InChI is InChI=1S/C29H37F5O4S2/c1-27(21-8-10-22(35)11-9-21)20-39-26-19-23(36)12-13-24(26)25(27)7-3-2-4-15-38-16-6-18-40(37)17-5-14-28(30,31)29(32,33)34/h8-13,19,25,35-36H,2-7,14-18,20H2,1H3/t25-,27-,40?/m1/s1. The summed E-state index contributed by atoms with van der Waals surface area (Å²) in [4.78, 5) is 1.09. The summed E-state index contributed by atoms with van der Waals surface area (Å²) in [7, 11) is -1.45. The minimum absolute atomic E-state index is 0.142. The number of phenolic OH excluding ortho intramolecular Hbond substituents is 2. The fourth-order valence-corrected chi connectivity index (χ4v) is 7.58. The lowest BCUT2D eigenvalue weighted by Crippen LogP contribution is -2.36. The molecule has 3 rings (SSSR count). The summed E-state index contributed by atoms with van der Waals surface area (Å²) in [6, 6.07) is 13.0. The number of unbranched alkanes of at least 4 members (excludes halogenated alkanes) is 2. The number of thioether (sulfide) groups is 1. The van der Waals surface area contributed by atoms with Gasteiger partial charge in [-0.25, -0.2) is 0 Å². The van der Waals surface area contributed by atoms with Crippen molar-refractivity contribution in [2.75, 3.05) is 30.5 Å². The van der Waals surface area contributed by atoms with E-state index in [0.29, 0.717) is 19.6 Å². The summed E-state index contributed by atoms with van der Waals surface area (Å²) in [5.74, 6) is -3.14. The second-order valence-corrected chi connectivity index (χ2v) is 13.2.